The first-order valence-electron chi connectivity index (χ1n) is 13.9. The lowest BCUT2D eigenvalue weighted by atomic mass is 9.83. The van der Waals surface area contributed by atoms with Crippen molar-refractivity contribution in [1.82, 2.24) is 5.32 Å². The largest absolute Gasteiger partial charge is 0.412 e. The molecule has 29 heteroatoms. The molecule has 3 rings (SSSR count). The van der Waals surface area contributed by atoms with Crippen molar-refractivity contribution in [2.75, 3.05) is 19.7 Å². The van der Waals surface area contributed by atoms with E-state index in [0.717, 1.165) is 0 Å². The second-order valence-electron chi connectivity index (χ2n) is 10.7. The molecule has 0 aromatic rings. The zero-order valence-electron chi connectivity index (χ0n) is 25.9. The summed E-state index contributed by atoms with van der Waals surface area (Å²) in [5.74, 6) is -0.807. The maximum atomic E-state index is 12.4. The van der Waals surface area contributed by atoms with Crippen LogP contribution in [0.2, 0.25) is 0 Å². The Morgan fingerprint density at radius 1 is 0.780 bits per heavy atom. The Morgan fingerprint density at radius 3 is 1.68 bits per heavy atom. The molecular weight excluding hydrogens is 738 g/mol. The quantitative estimate of drug-likeness (QED) is 0.0914. The van der Waals surface area contributed by atoms with E-state index in [-0.39, 0.29) is 36.9 Å². The molecule has 0 radical (unpaired) electrons. The van der Waals surface area contributed by atoms with Gasteiger partial charge in [-0.3, -0.25) is 23.0 Å². The average Bonchev–Trinajstić information content (AvgIpc) is 3.23. The average molecular weight is 788 g/mol. The summed E-state index contributed by atoms with van der Waals surface area (Å²) < 4.78 is 85.9. The Labute approximate surface area is 284 Å². The van der Waals surface area contributed by atoms with Crippen molar-refractivity contribution in [3.05, 3.63) is 0 Å². The van der Waals surface area contributed by atoms with Crippen LogP contribution in [0.3, 0.4) is 0 Å². The molecule has 1 aliphatic carbocycles. The number of hydrogen-bond acceptors (Lipinski definition) is 20. The summed E-state index contributed by atoms with van der Waals surface area (Å²) >= 11 is 0. The number of aliphatic hydroxyl groups is 7. The molecule has 302 valence electrons. The highest BCUT2D eigenvalue weighted by atomic mass is 32.3. The molecule has 0 unspecified atom stereocenters. The van der Waals surface area contributed by atoms with Crippen LogP contribution in [0.4, 0.5) is 0 Å². The van der Waals surface area contributed by atoms with Gasteiger partial charge in [-0.2, -0.15) is 16.8 Å². The highest BCUT2D eigenvalue weighted by Crippen LogP contribution is 2.32. The first-order chi connectivity index (χ1) is 21.9. The Morgan fingerprint density at radius 2 is 1.24 bits per heavy atom. The van der Waals surface area contributed by atoms with Gasteiger partial charge in [-0.25, -0.2) is 0 Å². The van der Waals surface area contributed by atoms with E-state index in [4.69, 9.17) is 76.9 Å². The van der Waals surface area contributed by atoms with Gasteiger partial charge in [0.25, 0.3) is 0 Å². The second kappa shape index (κ2) is 21.9. The molecule has 2 aliphatic heterocycles. The Hall–Kier alpha value is -1.47. The first kappa shape index (κ1) is 50.6. The second-order valence-corrected chi connectivity index (χ2v) is 12.5. The normalized spacial score (nSPS) is 37.7. The lowest BCUT2D eigenvalue weighted by Gasteiger charge is -2.48. The molecule has 24 N–H and O–H groups in total. The molecule has 0 bridgehead atoms. The first-order valence-corrected chi connectivity index (χ1v) is 16.7. The summed E-state index contributed by atoms with van der Waals surface area (Å²) in [5, 5.41) is 74.0. The minimum atomic E-state index is -4.67. The van der Waals surface area contributed by atoms with E-state index >= 15 is 0 Å². The fraction of sp³-hybridized carbons (Fsp3) is 0.952. The van der Waals surface area contributed by atoms with Gasteiger partial charge >= 0.3 is 20.8 Å². The summed E-state index contributed by atoms with van der Waals surface area (Å²) in [6.45, 7) is -0.764. The topological polar surface area (TPSA) is 524 Å². The van der Waals surface area contributed by atoms with E-state index in [0.29, 0.717) is 0 Å². The van der Waals surface area contributed by atoms with Crippen molar-refractivity contribution in [1.29, 1.82) is 0 Å². The van der Waals surface area contributed by atoms with Crippen molar-refractivity contribution >= 4 is 26.7 Å². The van der Waals surface area contributed by atoms with Gasteiger partial charge in [-0.1, -0.05) is 0 Å². The summed E-state index contributed by atoms with van der Waals surface area (Å²) in [6, 6.07) is -3.29. The van der Waals surface area contributed by atoms with E-state index in [1.165, 1.54) is 0 Å². The molecule has 2 saturated heterocycles. The fourth-order valence-electron chi connectivity index (χ4n) is 4.84. The SMILES string of the molecule is NCC[C@H](O)C(=O)N[C@@H]1C[C@H](N)[C@@H](O[C@H]2O[C@H](CN)[C@@H](O)[C@H](O)[C@H]2N)[C@H](O[C@@H]2O[C@H](CO)[C@H](O)[C@H]2O)[C@H]1O.O.O.O=S(=O)(O)O.O=S(=O)(O)O. The molecule has 0 spiro atoms. The van der Waals surface area contributed by atoms with Crippen LogP contribution >= 0.6 is 0 Å². The lowest BCUT2D eigenvalue weighted by Crippen LogP contribution is -2.69. The van der Waals surface area contributed by atoms with E-state index in [9.17, 15) is 40.5 Å². The van der Waals surface area contributed by atoms with Crippen molar-refractivity contribution < 1.29 is 105 Å². The minimum absolute atomic E-state index is 0. The monoisotopic (exact) mass is 787 g/mol. The third-order valence-corrected chi connectivity index (χ3v) is 7.15. The van der Waals surface area contributed by atoms with Crippen LogP contribution < -0.4 is 28.3 Å². The predicted octanol–water partition coefficient (Wildman–Crippen LogP) is -10.7. The van der Waals surface area contributed by atoms with Crippen LogP contribution in [-0.2, 0) is 44.5 Å². The number of rotatable bonds is 10. The molecular formula is C21H49N5O22S2. The molecule has 0 aromatic heterocycles. The van der Waals surface area contributed by atoms with E-state index < -0.39 is 125 Å². The van der Waals surface area contributed by atoms with Gasteiger partial charge in [0, 0.05) is 12.6 Å². The highest BCUT2D eigenvalue weighted by molar-refractivity contribution is 7.80. The van der Waals surface area contributed by atoms with Gasteiger partial charge in [-0.05, 0) is 19.4 Å². The summed E-state index contributed by atoms with van der Waals surface area (Å²) in [7, 11) is -9.33. The molecule has 2 heterocycles. The van der Waals surface area contributed by atoms with Crippen LogP contribution in [0.15, 0.2) is 0 Å². The zero-order valence-corrected chi connectivity index (χ0v) is 27.5. The van der Waals surface area contributed by atoms with Crippen molar-refractivity contribution in [2.24, 2.45) is 22.9 Å². The number of ether oxygens (including phenoxy) is 4. The summed E-state index contributed by atoms with van der Waals surface area (Å²) in [6.07, 6.45) is -16.9. The maximum absolute atomic E-state index is 12.4. The van der Waals surface area contributed by atoms with Crippen LogP contribution in [0.5, 0.6) is 0 Å². The van der Waals surface area contributed by atoms with Crippen LogP contribution in [0, 0.1) is 0 Å². The number of carbonyl (C=O) groups is 1. The molecule has 15 atom stereocenters. The number of nitrogens with one attached hydrogen (secondary N) is 1. The Bertz CT molecular complexity index is 1160. The molecule has 27 nitrogen and oxygen atoms in total. The molecule has 50 heavy (non-hydrogen) atoms. The van der Waals surface area contributed by atoms with Crippen molar-refractivity contribution in [2.45, 2.75) is 105 Å². The third kappa shape index (κ3) is 16.0. The van der Waals surface area contributed by atoms with E-state index in [2.05, 4.69) is 5.32 Å². The molecule has 3 aliphatic rings. The molecule has 1 saturated carbocycles. The number of carbonyl (C=O) groups excluding carboxylic acids is 1. The highest BCUT2D eigenvalue weighted by Gasteiger charge is 2.53. The summed E-state index contributed by atoms with van der Waals surface area (Å²) in [4.78, 5) is 12.4. The van der Waals surface area contributed by atoms with Crippen molar-refractivity contribution in [3.8, 4) is 0 Å². The fourth-order valence-corrected chi connectivity index (χ4v) is 4.84. The Balaban J connectivity index is 0. The van der Waals surface area contributed by atoms with Gasteiger partial charge < -0.3 is 93.9 Å². The van der Waals surface area contributed by atoms with Gasteiger partial charge in [0.1, 0.15) is 61.0 Å². The number of amides is 1. The summed E-state index contributed by atoms with van der Waals surface area (Å²) in [5.41, 5.74) is 23.3. The van der Waals surface area contributed by atoms with Crippen LogP contribution in [0.25, 0.3) is 0 Å². The van der Waals surface area contributed by atoms with E-state index in [1.54, 1.807) is 0 Å². The smallest absolute Gasteiger partial charge is 0.394 e. The van der Waals surface area contributed by atoms with Crippen molar-refractivity contribution in [3.63, 3.8) is 0 Å². The van der Waals surface area contributed by atoms with Crippen LogP contribution in [-0.4, -0.2) is 199 Å². The zero-order chi connectivity index (χ0) is 37.3. The number of aliphatic hydroxyl groups excluding tert-OH is 7. The molecule has 1 amide bonds. The van der Waals surface area contributed by atoms with Crippen LogP contribution in [0.1, 0.15) is 12.8 Å². The maximum Gasteiger partial charge on any atom is 0.394 e. The molecule has 0 aromatic carbocycles. The van der Waals surface area contributed by atoms with Gasteiger partial charge in [0.05, 0.1) is 18.7 Å². The third-order valence-electron chi connectivity index (χ3n) is 7.15. The Kier molecular flexibility index (Phi) is 22.2. The predicted molar refractivity (Wildman–Crippen MR) is 161 cm³/mol. The van der Waals surface area contributed by atoms with Gasteiger partial charge in [-0.15, -0.1) is 0 Å². The van der Waals surface area contributed by atoms with Gasteiger partial charge in [0.15, 0.2) is 12.6 Å². The number of hydrogen-bond donors (Lipinski definition) is 16. The molecule has 3 fully saturated rings. The number of nitrogens with two attached hydrogens (primary N) is 4. The lowest BCUT2D eigenvalue weighted by molar-refractivity contribution is -0.307. The minimum Gasteiger partial charge on any atom is -0.412 e. The standard InChI is InChI=1S/C21H41N5O12.2H2O4S.2H2O/c22-2-1-8(28)19(34)26-7-3-6(24)17(37-20-11(25)15(32)13(30)9(4-23)35-20)18(12(7)29)38-21-16(33)14(31)10(5-27)36-21;2*1-5(2,3)4;;/h6-18,20-21,27-33H,1-5,22-25H2,(H,26,34);2*(H2,1,2,3,4);2*1H2/t6-,7+,8-,9+,10+,11+,12-,13+,14-,15+,16+,17+,18+,20+,21-;;;;/m0..../s1. The van der Waals surface area contributed by atoms with E-state index in [1.807, 2.05) is 0 Å². The van der Waals surface area contributed by atoms with Gasteiger partial charge in [0.2, 0.25) is 5.91 Å².